The Labute approximate surface area is 170 Å². The fraction of sp³-hybridized carbons (Fsp3) is 0.238. The third-order valence-electron chi connectivity index (χ3n) is 4.33. The molecule has 140 valence electrons. The summed E-state index contributed by atoms with van der Waals surface area (Å²) in [7, 11) is 0. The number of halogens is 2. The molecule has 0 amide bonds. The van der Waals surface area contributed by atoms with Crippen LogP contribution >= 0.6 is 23.2 Å². The number of hydrogen-bond donors (Lipinski definition) is 0. The summed E-state index contributed by atoms with van der Waals surface area (Å²) in [5, 5.41) is 0. The van der Waals surface area contributed by atoms with Crippen LogP contribution in [-0.2, 0) is 0 Å². The van der Waals surface area contributed by atoms with Gasteiger partial charge in [0.15, 0.2) is 0 Å². The van der Waals surface area contributed by atoms with Crippen LogP contribution in [0.4, 0.5) is 11.4 Å². The largest absolute Gasteiger partial charge is 0.369 e. The molecular formula is C21H22Cl2N4. The van der Waals surface area contributed by atoms with Crippen molar-refractivity contribution in [3.05, 3.63) is 72.3 Å². The molecule has 0 aliphatic rings. The SMILES string of the molecule is Cc1cc(N(CCCl)CCCl)ccc1C=Nc1ccccc1-n1ccnc1. The average molecular weight is 401 g/mol. The molecule has 0 N–H and O–H groups in total. The highest BCUT2D eigenvalue weighted by Crippen LogP contribution is 2.24. The summed E-state index contributed by atoms with van der Waals surface area (Å²) in [5.41, 5.74) is 5.26. The van der Waals surface area contributed by atoms with E-state index in [0.29, 0.717) is 11.8 Å². The van der Waals surface area contributed by atoms with Gasteiger partial charge >= 0.3 is 0 Å². The Morgan fingerprint density at radius 2 is 1.89 bits per heavy atom. The maximum Gasteiger partial charge on any atom is 0.0992 e. The van der Waals surface area contributed by atoms with Crippen LogP contribution in [0.5, 0.6) is 0 Å². The number of aryl methyl sites for hydroxylation is 1. The molecule has 0 radical (unpaired) electrons. The number of alkyl halides is 2. The lowest BCUT2D eigenvalue weighted by molar-refractivity contribution is 0.873. The van der Waals surface area contributed by atoms with Crippen LogP contribution < -0.4 is 4.90 Å². The summed E-state index contributed by atoms with van der Waals surface area (Å²) < 4.78 is 1.96. The van der Waals surface area contributed by atoms with Gasteiger partial charge in [0.1, 0.15) is 0 Å². The Bertz CT molecular complexity index is 885. The predicted octanol–water partition coefficient (Wildman–Crippen LogP) is 5.22. The molecule has 0 bridgehead atoms. The van der Waals surface area contributed by atoms with E-state index in [-0.39, 0.29) is 0 Å². The number of aliphatic imine (C=N–C) groups is 1. The topological polar surface area (TPSA) is 33.4 Å². The first-order chi connectivity index (χ1) is 13.2. The molecule has 3 rings (SSSR count). The normalized spacial score (nSPS) is 11.2. The molecule has 0 fully saturated rings. The minimum absolute atomic E-state index is 0.574. The molecule has 0 atom stereocenters. The summed E-state index contributed by atoms with van der Waals surface area (Å²) in [6, 6.07) is 14.3. The van der Waals surface area contributed by atoms with E-state index < -0.39 is 0 Å². The van der Waals surface area contributed by atoms with E-state index in [2.05, 4.69) is 35.0 Å². The van der Waals surface area contributed by atoms with Gasteiger partial charge in [0.25, 0.3) is 0 Å². The first-order valence-electron chi connectivity index (χ1n) is 8.82. The molecule has 1 heterocycles. The number of para-hydroxylation sites is 2. The molecule has 0 aliphatic carbocycles. The molecule has 0 unspecified atom stereocenters. The van der Waals surface area contributed by atoms with Gasteiger partial charge in [0, 0.05) is 49.1 Å². The third-order valence-corrected chi connectivity index (χ3v) is 4.67. The molecule has 27 heavy (non-hydrogen) atoms. The van der Waals surface area contributed by atoms with E-state index in [1.54, 1.807) is 12.5 Å². The van der Waals surface area contributed by atoms with Gasteiger partial charge in [-0.1, -0.05) is 18.2 Å². The van der Waals surface area contributed by atoms with E-state index >= 15 is 0 Å². The molecule has 0 aliphatic heterocycles. The van der Waals surface area contributed by atoms with Gasteiger partial charge in [-0.25, -0.2) is 4.98 Å². The van der Waals surface area contributed by atoms with Gasteiger partial charge in [-0.2, -0.15) is 0 Å². The second-order valence-corrected chi connectivity index (χ2v) is 6.88. The predicted molar refractivity (Wildman–Crippen MR) is 116 cm³/mol. The molecule has 0 saturated carbocycles. The van der Waals surface area contributed by atoms with E-state index in [1.807, 2.05) is 41.2 Å². The van der Waals surface area contributed by atoms with Gasteiger partial charge in [0.05, 0.1) is 17.7 Å². The van der Waals surface area contributed by atoms with Gasteiger partial charge in [-0.15, -0.1) is 23.2 Å². The average Bonchev–Trinajstić information content (AvgIpc) is 3.22. The molecule has 0 saturated heterocycles. The smallest absolute Gasteiger partial charge is 0.0992 e. The first-order valence-corrected chi connectivity index (χ1v) is 9.89. The number of rotatable bonds is 8. The molecular weight excluding hydrogens is 379 g/mol. The summed E-state index contributed by atoms with van der Waals surface area (Å²) in [6.07, 6.45) is 7.35. The zero-order chi connectivity index (χ0) is 19.1. The molecule has 3 aromatic rings. The minimum atomic E-state index is 0.574. The Morgan fingerprint density at radius 3 is 2.56 bits per heavy atom. The fourth-order valence-electron chi connectivity index (χ4n) is 2.91. The van der Waals surface area contributed by atoms with Crippen molar-refractivity contribution < 1.29 is 0 Å². The minimum Gasteiger partial charge on any atom is -0.369 e. The maximum absolute atomic E-state index is 5.92. The Balaban J connectivity index is 1.84. The van der Waals surface area contributed by atoms with Gasteiger partial charge < -0.3 is 9.47 Å². The summed E-state index contributed by atoms with van der Waals surface area (Å²) in [5.74, 6) is 1.15. The maximum atomic E-state index is 5.92. The molecule has 0 spiro atoms. The second kappa shape index (κ2) is 9.58. The van der Waals surface area contributed by atoms with Crippen LogP contribution in [0.15, 0.2) is 66.2 Å². The van der Waals surface area contributed by atoms with Crippen LogP contribution in [0.25, 0.3) is 5.69 Å². The van der Waals surface area contributed by atoms with E-state index in [0.717, 1.165) is 41.3 Å². The highest BCUT2D eigenvalue weighted by atomic mass is 35.5. The molecule has 6 heteroatoms. The van der Waals surface area contributed by atoms with Crippen molar-refractivity contribution in [3.63, 3.8) is 0 Å². The van der Waals surface area contributed by atoms with Crippen molar-refractivity contribution in [1.29, 1.82) is 0 Å². The van der Waals surface area contributed by atoms with Gasteiger partial charge in [-0.05, 0) is 42.3 Å². The summed E-state index contributed by atoms with van der Waals surface area (Å²) in [4.78, 5) is 11.0. The van der Waals surface area contributed by atoms with Crippen LogP contribution in [0, 0.1) is 6.92 Å². The lowest BCUT2D eigenvalue weighted by Crippen LogP contribution is -2.27. The monoisotopic (exact) mass is 400 g/mol. The zero-order valence-electron chi connectivity index (χ0n) is 15.2. The number of aromatic nitrogens is 2. The lowest BCUT2D eigenvalue weighted by Gasteiger charge is -2.23. The number of anilines is 1. The number of hydrogen-bond acceptors (Lipinski definition) is 3. The van der Waals surface area contributed by atoms with Gasteiger partial charge in [-0.3, -0.25) is 4.99 Å². The lowest BCUT2D eigenvalue weighted by atomic mass is 10.1. The number of imidazole rings is 1. The Hall–Kier alpha value is -2.30. The standard InChI is InChI=1S/C21H22Cl2N4/c1-17-14-19(26(11-8-22)12-9-23)7-6-18(17)15-25-20-4-2-3-5-21(20)27-13-10-24-16-27/h2-7,10,13-16H,8-9,11-12H2,1H3. The van der Waals surface area contributed by atoms with Gasteiger partial charge in [0.2, 0.25) is 0 Å². The fourth-order valence-corrected chi connectivity index (χ4v) is 3.32. The van der Waals surface area contributed by atoms with E-state index in [9.17, 15) is 0 Å². The van der Waals surface area contributed by atoms with Crippen LogP contribution in [0.2, 0.25) is 0 Å². The van der Waals surface area contributed by atoms with Crippen molar-refractivity contribution >= 4 is 40.8 Å². The van der Waals surface area contributed by atoms with Crippen molar-refractivity contribution in [2.24, 2.45) is 4.99 Å². The highest BCUT2D eigenvalue weighted by Gasteiger charge is 2.07. The summed E-state index contributed by atoms with van der Waals surface area (Å²) in [6.45, 7) is 3.64. The third kappa shape index (κ3) is 4.90. The quantitative estimate of drug-likeness (QED) is 0.383. The van der Waals surface area contributed by atoms with Crippen molar-refractivity contribution in [2.75, 3.05) is 29.7 Å². The zero-order valence-corrected chi connectivity index (χ0v) is 16.7. The molecule has 1 aromatic heterocycles. The second-order valence-electron chi connectivity index (χ2n) is 6.12. The number of benzene rings is 2. The first kappa shape index (κ1) is 19.5. The molecule has 4 nitrogen and oxygen atoms in total. The van der Waals surface area contributed by atoms with Crippen molar-refractivity contribution in [1.82, 2.24) is 9.55 Å². The van der Waals surface area contributed by atoms with E-state index in [1.165, 1.54) is 0 Å². The van der Waals surface area contributed by atoms with Crippen LogP contribution in [-0.4, -0.2) is 40.6 Å². The summed E-state index contributed by atoms with van der Waals surface area (Å²) >= 11 is 11.8. The van der Waals surface area contributed by atoms with Crippen molar-refractivity contribution in [2.45, 2.75) is 6.92 Å². The number of nitrogens with zero attached hydrogens (tertiary/aromatic N) is 4. The van der Waals surface area contributed by atoms with Crippen LogP contribution in [0.1, 0.15) is 11.1 Å². The molecule has 2 aromatic carbocycles. The highest BCUT2D eigenvalue weighted by molar-refractivity contribution is 6.18. The van der Waals surface area contributed by atoms with Crippen LogP contribution in [0.3, 0.4) is 0 Å². The van der Waals surface area contributed by atoms with E-state index in [4.69, 9.17) is 28.2 Å². The Kier molecular flexibility index (Phi) is 6.91. The Morgan fingerprint density at radius 1 is 1.11 bits per heavy atom. The van der Waals surface area contributed by atoms with Crippen molar-refractivity contribution in [3.8, 4) is 5.69 Å².